The largest absolute Gasteiger partial charge is 0.248 e. The van der Waals surface area contributed by atoms with Gasteiger partial charge in [-0.1, -0.05) is 146 Å². The van der Waals surface area contributed by atoms with Gasteiger partial charge in [-0.05, 0) is 46.5 Å². The van der Waals surface area contributed by atoms with E-state index in [-0.39, 0.29) is 0 Å². The molecule has 4 heterocycles. The Labute approximate surface area is 297 Å². The summed E-state index contributed by atoms with van der Waals surface area (Å²) < 4.78 is 5.19. The summed E-state index contributed by atoms with van der Waals surface area (Å²) in [6.45, 7) is 0. The van der Waals surface area contributed by atoms with Gasteiger partial charge in [-0.3, -0.25) is 0 Å². The fraction of sp³-hybridized carbons (Fsp3) is 0. The van der Waals surface area contributed by atoms with Crippen LogP contribution in [0.3, 0.4) is 0 Å². The minimum Gasteiger partial charge on any atom is -0.248 e. The van der Waals surface area contributed by atoms with E-state index >= 15 is 0 Å². The van der Waals surface area contributed by atoms with Gasteiger partial charge in [0.15, 0.2) is 0 Å². The van der Waals surface area contributed by atoms with Crippen LogP contribution in [0.2, 0.25) is 0 Å². The van der Waals surface area contributed by atoms with Gasteiger partial charge in [0.2, 0.25) is 0 Å². The van der Waals surface area contributed by atoms with Gasteiger partial charge in [0, 0.05) is 42.2 Å². The molecule has 0 aliphatic heterocycles. The van der Waals surface area contributed by atoms with Crippen molar-refractivity contribution in [2.24, 2.45) is 0 Å². The van der Waals surface area contributed by atoms with Gasteiger partial charge in [-0.2, -0.15) is 0 Å². The molecule has 234 valence electrons. The van der Waals surface area contributed by atoms with Crippen molar-refractivity contribution < 1.29 is 0 Å². The van der Waals surface area contributed by atoms with Crippen molar-refractivity contribution >= 4 is 63.1 Å². The molecule has 4 aromatic heterocycles. The van der Waals surface area contributed by atoms with Gasteiger partial charge in [0.05, 0.1) is 32.0 Å². The van der Waals surface area contributed by atoms with E-state index in [9.17, 15) is 0 Å². The first-order valence-electron chi connectivity index (χ1n) is 16.7. The van der Waals surface area contributed by atoms with Crippen molar-refractivity contribution in [2.45, 2.75) is 0 Å². The zero-order valence-corrected chi connectivity index (χ0v) is 28.5. The van der Waals surface area contributed by atoms with E-state index in [1.165, 1.54) is 46.1 Å². The van der Waals surface area contributed by atoms with Crippen LogP contribution in [-0.4, -0.2) is 9.97 Å². The molecule has 10 aromatic rings. The van der Waals surface area contributed by atoms with E-state index < -0.39 is 0 Å². The number of pyridine rings is 2. The molecule has 0 N–H and O–H groups in total. The van der Waals surface area contributed by atoms with Gasteiger partial charge in [0.25, 0.3) is 0 Å². The smallest absolute Gasteiger partial charge is 0.0910 e. The summed E-state index contributed by atoms with van der Waals surface area (Å²) >= 11 is 3.73. The highest BCUT2D eigenvalue weighted by molar-refractivity contribution is 7.33. The molecule has 0 saturated heterocycles. The molecule has 0 aliphatic rings. The second-order valence-corrected chi connectivity index (χ2v) is 14.7. The van der Waals surface area contributed by atoms with Crippen LogP contribution in [0, 0.1) is 0 Å². The van der Waals surface area contributed by atoms with Crippen LogP contribution in [0.5, 0.6) is 0 Å². The summed E-state index contributed by atoms with van der Waals surface area (Å²) in [5.74, 6) is 0. The standard InChI is InChI=1S/C46H28N2S2/c1-3-11-32(12-4-1)38-27-35(28-39(47-38)33-13-5-2-6-14-33)31-21-19-29(20-22-31)30-23-25-34(26-24-30)43-42-36-15-7-9-17-40(36)49-45(42)46-44(48-43)37-16-8-10-18-41(37)50-46/h1-28H. The Bertz CT molecular complexity index is 2780. The molecular formula is C46H28N2S2. The van der Waals surface area contributed by atoms with Gasteiger partial charge >= 0.3 is 0 Å². The molecule has 0 unspecified atom stereocenters. The lowest BCUT2D eigenvalue weighted by atomic mass is 9.96. The lowest BCUT2D eigenvalue weighted by molar-refractivity contribution is 1.32. The Morgan fingerprint density at radius 3 is 1.40 bits per heavy atom. The second kappa shape index (κ2) is 11.9. The zero-order chi connectivity index (χ0) is 33.0. The van der Waals surface area contributed by atoms with Crippen LogP contribution in [0.1, 0.15) is 0 Å². The highest BCUT2D eigenvalue weighted by Gasteiger charge is 2.19. The van der Waals surface area contributed by atoms with Crippen LogP contribution < -0.4 is 0 Å². The van der Waals surface area contributed by atoms with E-state index in [1.54, 1.807) is 0 Å². The summed E-state index contributed by atoms with van der Waals surface area (Å²) in [5, 5.41) is 3.76. The molecule has 50 heavy (non-hydrogen) atoms. The van der Waals surface area contributed by atoms with E-state index in [0.717, 1.165) is 50.4 Å². The number of hydrogen-bond donors (Lipinski definition) is 0. The number of nitrogens with zero attached hydrogens (tertiary/aromatic N) is 2. The van der Waals surface area contributed by atoms with Gasteiger partial charge in [0.1, 0.15) is 0 Å². The van der Waals surface area contributed by atoms with Crippen LogP contribution in [0.4, 0.5) is 0 Å². The maximum Gasteiger partial charge on any atom is 0.0910 e. The molecule has 0 spiro atoms. The minimum absolute atomic E-state index is 0.969. The third-order valence-corrected chi connectivity index (χ3v) is 12.0. The molecular weight excluding hydrogens is 645 g/mol. The highest BCUT2D eigenvalue weighted by atomic mass is 32.1. The maximum absolute atomic E-state index is 5.40. The average molecular weight is 673 g/mol. The van der Waals surface area contributed by atoms with E-state index in [1.807, 2.05) is 34.8 Å². The van der Waals surface area contributed by atoms with Gasteiger partial charge < -0.3 is 0 Å². The molecule has 10 rings (SSSR count). The van der Waals surface area contributed by atoms with Crippen molar-refractivity contribution in [3.63, 3.8) is 0 Å². The molecule has 0 bridgehead atoms. The quantitative estimate of drug-likeness (QED) is 0.182. The van der Waals surface area contributed by atoms with Gasteiger partial charge in [-0.25, -0.2) is 9.97 Å². The van der Waals surface area contributed by atoms with E-state index in [2.05, 4.69) is 158 Å². The van der Waals surface area contributed by atoms with Crippen LogP contribution >= 0.6 is 22.7 Å². The fourth-order valence-electron chi connectivity index (χ4n) is 7.00. The molecule has 0 amide bonds. The maximum atomic E-state index is 5.40. The zero-order valence-electron chi connectivity index (χ0n) is 26.9. The average Bonchev–Trinajstić information content (AvgIpc) is 3.77. The summed E-state index contributed by atoms with van der Waals surface area (Å²) in [4.78, 5) is 10.5. The van der Waals surface area contributed by atoms with Crippen molar-refractivity contribution in [3.05, 3.63) is 170 Å². The normalized spacial score (nSPS) is 11.6. The van der Waals surface area contributed by atoms with Crippen LogP contribution in [0.15, 0.2) is 170 Å². The first-order chi connectivity index (χ1) is 24.8. The molecule has 0 aliphatic carbocycles. The van der Waals surface area contributed by atoms with Gasteiger partial charge in [-0.15, -0.1) is 22.7 Å². The Hall–Kier alpha value is -5.94. The first kappa shape index (κ1) is 29.0. The number of hydrogen-bond acceptors (Lipinski definition) is 4. The van der Waals surface area contributed by atoms with Crippen molar-refractivity contribution in [1.29, 1.82) is 0 Å². The first-order valence-corrected chi connectivity index (χ1v) is 18.4. The number of thiophene rings is 2. The van der Waals surface area contributed by atoms with Crippen molar-refractivity contribution in [1.82, 2.24) is 9.97 Å². The molecule has 2 nitrogen and oxygen atoms in total. The van der Waals surface area contributed by atoms with Crippen molar-refractivity contribution in [3.8, 4) is 56.0 Å². The molecule has 0 atom stereocenters. The minimum atomic E-state index is 0.969. The van der Waals surface area contributed by atoms with Crippen LogP contribution in [-0.2, 0) is 0 Å². The number of aromatic nitrogens is 2. The lowest BCUT2D eigenvalue weighted by Gasteiger charge is -2.11. The summed E-state index contributed by atoms with van der Waals surface area (Å²) in [7, 11) is 0. The third kappa shape index (κ3) is 4.92. The highest BCUT2D eigenvalue weighted by Crippen LogP contribution is 2.47. The molecule has 0 fully saturated rings. The Morgan fingerprint density at radius 1 is 0.340 bits per heavy atom. The number of rotatable bonds is 5. The van der Waals surface area contributed by atoms with E-state index in [4.69, 9.17) is 9.97 Å². The SMILES string of the molecule is c1ccc(-c2cc(-c3ccc(-c4ccc(-c5nc6c7ccccc7sc6c6sc7ccccc7c56)cc4)cc3)cc(-c3ccccc3)n2)cc1. The van der Waals surface area contributed by atoms with E-state index in [0.29, 0.717) is 0 Å². The molecule has 0 saturated carbocycles. The summed E-state index contributed by atoms with van der Waals surface area (Å²) in [6, 6.07) is 60.4. The predicted octanol–water partition coefficient (Wildman–Crippen LogP) is 13.5. The summed E-state index contributed by atoms with van der Waals surface area (Å²) in [5.41, 5.74) is 12.1. The third-order valence-electron chi connectivity index (χ3n) is 9.51. The monoisotopic (exact) mass is 672 g/mol. The molecule has 6 aromatic carbocycles. The van der Waals surface area contributed by atoms with Crippen LogP contribution in [0.25, 0.3) is 96.5 Å². The summed E-state index contributed by atoms with van der Waals surface area (Å²) in [6.07, 6.45) is 0. The fourth-order valence-corrected chi connectivity index (χ4v) is 9.48. The second-order valence-electron chi connectivity index (χ2n) is 12.6. The molecule has 4 heteroatoms. The molecule has 0 radical (unpaired) electrons. The lowest BCUT2D eigenvalue weighted by Crippen LogP contribution is -1.91. The Balaban J connectivity index is 1.04. The Kier molecular flexibility index (Phi) is 6.90. The number of fused-ring (bicyclic) bond motifs is 7. The van der Waals surface area contributed by atoms with Crippen molar-refractivity contribution in [2.75, 3.05) is 0 Å². The Morgan fingerprint density at radius 2 is 0.800 bits per heavy atom. The predicted molar refractivity (Wildman–Crippen MR) is 215 cm³/mol. The number of benzene rings is 6. The topological polar surface area (TPSA) is 25.8 Å².